The van der Waals surface area contributed by atoms with Crippen LogP contribution in [0.5, 0.6) is 11.5 Å². The Labute approximate surface area is 94.8 Å². The van der Waals surface area contributed by atoms with Crippen LogP contribution in [0.1, 0.15) is 29.8 Å². The number of aliphatic hydroxyl groups is 1. The van der Waals surface area contributed by atoms with Gasteiger partial charge in [-0.3, -0.25) is 4.79 Å². The first kappa shape index (κ1) is 12.5. The van der Waals surface area contributed by atoms with Crippen molar-refractivity contribution in [3.63, 3.8) is 0 Å². The number of carbonyl (C=O) groups is 1. The second-order valence-electron chi connectivity index (χ2n) is 3.97. The van der Waals surface area contributed by atoms with Crippen molar-refractivity contribution in [2.75, 3.05) is 14.2 Å². The summed E-state index contributed by atoms with van der Waals surface area (Å²) in [6.07, 6.45) is 0.690. The van der Waals surface area contributed by atoms with Gasteiger partial charge in [-0.05, 0) is 31.5 Å². The number of ether oxygens (including phenoxy) is 2. The molecular weight excluding hydrogens is 208 g/mol. The summed E-state index contributed by atoms with van der Waals surface area (Å²) in [5.74, 6) is 0.961. The Kier molecular flexibility index (Phi) is 3.55. The summed E-state index contributed by atoms with van der Waals surface area (Å²) in [4.78, 5) is 10.9. The fourth-order valence-corrected chi connectivity index (χ4v) is 1.52. The zero-order chi connectivity index (χ0) is 12.3. The van der Waals surface area contributed by atoms with Crippen LogP contribution in [0.3, 0.4) is 0 Å². The van der Waals surface area contributed by atoms with E-state index in [0.717, 1.165) is 0 Å². The van der Waals surface area contributed by atoms with Gasteiger partial charge < -0.3 is 14.6 Å². The maximum atomic E-state index is 10.9. The number of rotatable bonds is 4. The van der Waals surface area contributed by atoms with E-state index in [-0.39, 0.29) is 0 Å². The second kappa shape index (κ2) is 4.53. The normalized spacial score (nSPS) is 11.1. The molecule has 0 saturated heterocycles. The summed E-state index contributed by atoms with van der Waals surface area (Å²) < 4.78 is 10.2. The van der Waals surface area contributed by atoms with Crippen LogP contribution in [-0.2, 0) is 5.60 Å². The van der Waals surface area contributed by atoms with Gasteiger partial charge in [0.05, 0.1) is 19.8 Å². The van der Waals surface area contributed by atoms with Crippen LogP contribution in [0.2, 0.25) is 0 Å². The zero-order valence-corrected chi connectivity index (χ0v) is 9.90. The second-order valence-corrected chi connectivity index (χ2v) is 3.97. The minimum atomic E-state index is -1.10. The number of hydrogen-bond acceptors (Lipinski definition) is 4. The smallest absolute Gasteiger partial charge is 0.161 e. The van der Waals surface area contributed by atoms with Crippen molar-refractivity contribution in [1.29, 1.82) is 0 Å². The summed E-state index contributed by atoms with van der Waals surface area (Å²) in [7, 11) is 3.00. The Morgan fingerprint density at radius 1 is 1.19 bits per heavy atom. The van der Waals surface area contributed by atoms with Gasteiger partial charge >= 0.3 is 0 Å². The number of hydrogen-bond donors (Lipinski definition) is 1. The van der Waals surface area contributed by atoms with E-state index in [1.165, 1.54) is 14.2 Å². The fraction of sp³-hybridized carbons (Fsp3) is 0.417. The molecule has 0 radical (unpaired) electrons. The first-order chi connectivity index (χ1) is 7.43. The maximum Gasteiger partial charge on any atom is 0.161 e. The van der Waals surface area contributed by atoms with Crippen molar-refractivity contribution in [3.8, 4) is 11.5 Å². The van der Waals surface area contributed by atoms with Gasteiger partial charge in [0.2, 0.25) is 0 Å². The van der Waals surface area contributed by atoms with Gasteiger partial charge in [0.25, 0.3) is 0 Å². The van der Waals surface area contributed by atoms with Gasteiger partial charge in [0.15, 0.2) is 17.8 Å². The lowest BCUT2D eigenvalue weighted by molar-refractivity contribution is 0.0764. The molecule has 1 aromatic rings. The summed E-state index contributed by atoms with van der Waals surface area (Å²) in [5.41, 5.74) is -0.194. The third kappa shape index (κ3) is 2.33. The summed E-state index contributed by atoms with van der Waals surface area (Å²) in [6, 6.07) is 3.17. The SMILES string of the molecule is COc1cc(C=O)c(C(C)(C)O)cc1OC. The third-order valence-electron chi connectivity index (χ3n) is 2.34. The van der Waals surface area contributed by atoms with E-state index >= 15 is 0 Å². The highest BCUT2D eigenvalue weighted by Gasteiger charge is 2.22. The number of methoxy groups -OCH3 is 2. The predicted molar refractivity (Wildman–Crippen MR) is 60.2 cm³/mol. The van der Waals surface area contributed by atoms with Crippen LogP contribution in [0, 0.1) is 0 Å². The van der Waals surface area contributed by atoms with Crippen molar-refractivity contribution in [2.24, 2.45) is 0 Å². The van der Waals surface area contributed by atoms with E-state index in [2.05, 4.69) is 0 Å². The van der Waals surface area contributed by atoms with Crippen LogP contribution in [-0.4, -0.2) is 25.6 Å². The monoisotopic (exact) mass is 224 g/mol. The minimum absolute atomic E-state index is 0.394. The Morgan fingerprint density at radius 2 is 1.69 bits per heavy atom. The highest BCUT2D eigenvalue weighted by molar-refractivity contribution is 5.79. The average Bonchev–Trinajstić information content (AvgIpc) is 2.25. The topological polar surface area (TPSA) is 55.8 Å². The van der Waals surface area contributed by atoms with Gasteiger partial charge in [-0.25, -0.2) is 0 Å². The predicted octanol–water partition coefficient (Wildman–Crippen LogP) is 1.74. The van der Waals surface area contributed by atoms with Crippen LogP contribution in [0.15, 0.2) is 12.1 Å². The van der Waals surface area contributed by atoms with Gasteiger partial charge in [-0.1, -0.05) is 0 Å². The van der Waals surface area contributed by atoms with Crippen molar-refractivity contribution < 1.29 is 19.4 Å². The third-order valence-corrected chi connectivity index (χ3v) is 2.34. The summed E-state index contributed by atoms with van der Waals surface area (Å²) >= 11 is 0. The van der Waals surface area contributed by atoms with Crippen molar-refractivity contribution in [2.45, 2.75) is 19.4 Å². The van der Waals surface area contributed by atoms with Gasteiger partial charge in [-0.2, -0.15) is 0 Å². The molecule has 0 aromatic heterocycles. The quantitative estimate of drug-likeness (QED) is 0.791. The number of benzene rings is 1. The molecule has 4 heteroatoms. The van der Waals surface area contributed by atoms with E-state index in [9.17, 15) is 9.90 Å². The van der Waals surface area contributed by atoms with Crippen LogP contribution >= 0.6 is 0 Å². The molecule has 0 aliphatic heterocycles. The minimum Gasteiger partial charge on any atom is -0.493 e. The molecule has 0 aliphatic carbocycles. The lowest BCUT2D eigenvalue weighted by Gasteiger charge is -2.21. The van der Waals surface area contributed by atoms with Gasteiger partial charge in [-0.15, -0.1) is 0 Å². The highest BCUT2D eigenvalue weighted by atomic mass is 16.5. The van der Waals surface area contributed by atoms with E-state index in [1.54, 1.807) is 26.0 Å². The lowest BCUT2D eigenvalue weighted by atomic mass is 9.93. The number of carbonyl (C=O) groups excluding carboxylic acids is 1. The van der Waals surface area contributed by atoms with E-state index in [1.807, 2.05) is 0 Å². The molecule has 1 aromatic carbocycles. The molecule has 0 spiro atoms. The van der Waals surface area contributed by atoms with Crippen LogP contribution in [0.4, 0.5) is 0 Å². The standard InChI is InChI=1S/C12H16O4/c1-12(2,14)9-6-11(16-4)10(15-3)5-8(9)7-13/h5-7,14H,1-4H3. The molecule has 0 atom stereocenters. The Hall–Kier alpha value is -1.55. The van der Waals surface area contributed by atoms with Crippen LogP contribution in [0.25, 0.3) is 0 Å². The molecule has 0 amide bonds. The molecule has 0 heterocycles. The molecule has 1 N–H and O–H groups in total. The largest absolute Gasteiger partial charge is 0.493 e. The molecule has 0 unspecified atom stereocenters. The van der Waals surface area contributed by atoms with E-state index in [0.29, 0.717) is 28.9 Å². The summed E-state index contributed by atoms with van der Waals surface area (Å²) in [5, 5.41) is 9.93. The molecule has 0 aliphatic rings. The van der Waals surface area contributed by atoms with Gasteiger partial charge in [0.1, 0.15) is 0 Å². The van der Waals surface area contributed by atoms with E-state index < -0.39 is 5.60 Å². The molecule has 0 fully saturated rings. The van der Waals surface area contributed by atoms with Crippen molar-refractivity contribution >= 4 is 6.29 Å². The van der Waals surface area contributed by atoms with E-state index in [4.69, 9.17) is 9.47 Å². The molecule has 0 bridgehead atoms. The van der Waals surface area contributed by atoms with Gasteiger partial charge in [0, 0.05) is 5.56 Å². The lowest BCUT2D eigenvalue weighted by Crippen LogP contribution is -2.18. The first-order valence-electron chi connectivity index (χ1n) is 4.88. The zero-order valence-electron chi connectivity index (χ0n) is 9.90. The molecule has 1 rings (SSSR count). The molecule has 4 nitrogen and oxygen atoms in total. The van der Waals surface area contributed by atoms with Crippen molar-refractivity contribution in [3.05, 3.63) is 23.3 Å². The molecule has 88 valence electrons. The average molecular weight is 224 g/mol. The Bertz CT molecular complexity index is 391. The molecule has 16 heavy (non-hydrogen) atoms. The Morgan fingerprint density at radius 3 is 2.06 bits per heavy atom. The van der Waals surface area contributed by atoms with Crippen LogP contribution < -0.4 is 9.47 Å². The summed E-state index contributed by atoms with van der Waals surface area (Å²) in [6.45, 7) is 3.22. The number of aldehydes is 1. The Balaban J connectivity index is 3.43. The fourth-order valence-electron chi connectivity index (χ4n) is 1.52. The molecule has 0 saturated carbocycles. The molecular formula is C12H16O4. The highest BCUT2D eigenvalue weighted by Crippen LogP contribution is 2.34. The maximum absolute atomic E-state index is 10.9. The first-order valence-corrected chi connectivity index (χ1v) is 4.88. The van der Waals surface area contributed by atoms with Crippen molar-refractivity contribution in [1.82, 2.24) is 0 Å².